The number of thiazole rings is 1. The molecule has 3 aromatic rings. The lowest BCUT2D eigenvalue weighted by Crippen LogP contribution is -2.39. The van der Waals surface area contributed by atoms with Gasteiger partial charge in [0.25, 0.3) is 0 Å². The zero-order valence-electron chi connectivity index (χ0n) is 20.4. The number of rotatable bonds is 8. The summed E-state index contributed by atoms with van der Waals surface area (Å²) in [5.41, 5.74) is 5.46. The van der Waals surface area contributed by atoms with Crippen molar-refractivity contribution >= 4 is 45.0 Å². The minimum absolute atomic E-state index is 0. The maximum Gasteiger partial charge on any atom is 0.233 e. The smallest absolute Gasteiger partial charge is 0.233 e. The largest absolute Gasteiger partial charge is 0.494 e. The summed E-state index contributed by atoms with van der Waals surface area (Å²) in [5.74, 6) is 0.823. The lowest BCUT2D eigenvalue weighted by atomic mass is 10.0. The summed E-state index contributed by atoms with van der Waals surface area (Å²) < 4.78 is 12.1. The van der Waals surface area contributed by atoms with Gasteiger partial charge < -0.3 is 9.47 Å². The van der Waals surface area contributed by atoms with Gasteiger partial charge in [-0.05, 0) is 55.5 Å². The number of nitrogens with zero attached hydrogens (tertiary/aromatic N) is 3. The van der Waals surface area contributed by atoms with Crippen LogP contribution < -0.4 is 9.64 Å². The Kier molecular flexibility index (Phi) is 9.31. The van der Waals surface area contributed by atoms with E-state index in [2.05, 4.69) is 43.9 Å². The zero-order valence-corrected chi connectivity index (χ0v) is 22.1. The lowest BCUT2D eigenvalue weighted by molar-refractivity contribution is -0.118. The van der Waals surface area contributed by atoms with Crippen LogP contribution in [0.5, 0.6) is 5.75 Å². The number of hydrogen-bond donors (Lipinski definition) is 0. The number of halogens is 1. The molecule has 0 bridgehead atoms. The van der Waals surface area contributed by atoms with E-state index in [4.69, 9.17) is 14.5 Å². The molecule has 6 nitrogen and oxygen atoms in total. The van der Waals surface area contributed by atoms with E-state index in [1.54, 1.807) is 18.4 Å². The highest BCUT2D eigenvalue weighted by atomic mass is 35.5. The number of anilines is 1. The Morgan fingerprint density at radius 1 is 1.12 bits per heavy atom. The first-order valence-corrected chi connectivity index (χ1v) is 12.4. The van der Waals surface area contributed by atoms with Gasteiger partial charge in [0.15, 0.2) is 5.13 Å². The third-order valence-electron chi connectivity index (χ3n) is 6.33. The van der Waals surface area contributed by atoms with Gasteiger partial charge in [-0.3, -0.25) is 14.6 Å². The summed E-state index contributed by atoms with van der Waals surface area (Å²) in [7, 11) is 1.66. The molecule has 2 aromatic carbocycles. The maximum absolute atomic E-state index is 13.5. The van der Waals surface area contributed by atoms with Crippen molar-refractivity contribution in [3.05, 3.63) is 52.6 Å². The molecule has 0 saturated carbocycles. The molecule has 0 unspecified atom stereocenters. The van der Waals surface area contributed by atoms with Gasteiger partial charge in [0, 0.05) is 26.2 Å². The van der Waals surface area contributed by atoms with Crippen LogP contribution in [0.2, 0.25) is 0 Å². The number of hydrogen-bond acceptors (Lipinski definition) is 6. The molecule has 0 spiro atoms. The van der Waals surface area contributed by atoms with Gasteiger partial charge in [-0.25, -0.2) is 4.98 Å². The molecule has 0 N–H and O–H groups in total. The number of carbonyl (C=O) groups excluding carboxylic acids is 1. The van der Waals surface area contributed by atoms with Crippen LogP contribution in [0.25, 0.3) is 10.2 Å². The molecule has 8 heteroatoms. The third-order valence-corrected chi connectivity index (χ3v) is 7.54. The van der Waals surface area contributed by atoms with E-state index in [9.17, 15) is 4.79 Å². The van der Waals surface area contributed by atoms with Crippen molar-refractivity contribution < 1.29 is 14.3 Å². The molecular formula is C26H34ClN3O3S. The summed E-state index contributed by atoms with van der Waals surface area (Å²) in [5, 5.41) is 0.744. The van der Waals surface area contributed by atoms with Crippen LogP contribution in [0, 0.1) is 20.8 Å². The molecule has 1 aromatic heterocycles. The molecule has 4 rings (SSSR count). The van der Waals surface area contributed by atoms with Gasteiger partial charge in [0.1, 0.15) is 11.3 Å². The molecule has 2 heterocycles. The van der Waals surface area contributed by atoms with Crippen molar-refractivity contribution in [1.82, 2.24) is 9.88 Å². The van der Waals surface area contributed by atoms with Crippen molar-refractivity contribution in [2.45, 2.75) is 33.6 Å². The average Bonchev–Trinajstić information content (AvgIpc) is 3.26. The maximum atomic E-state index is 13.5. The van der Waals surface area contributed by atoms with Crippen molar-refractivity contribution in [2.24, 2.45) is 0 Å². The van der Waals surface area contributed by atoms with Gasteiger partial charge in [-0.15, -0.1) is 12.4 Å². The first kappa shape index (κ1) is 26.4. The minimum atomic E-state index is 0. The number of fused-ring (bicyclic) bond motifs is 1. The second-order valence-corrected chi connectivity index (χ2v) is 9.68. The Morgan fingerprint density at radius 3 is 2.56 bits per heavy atom. The molecule has 184 valence electrons. The van der Waals surface area contributed by atoms with Crippen molar-refractivity contribution in [2.75, 3.05) is 51.4 Å². The van der Waals surface area contributed by atoms with Gasteiger partial charge in [-0.2, -0.15) is 0 Å². The Hall–Kier alpha value is -2.19. The summed E-state index contributed by atoms with van der Waals surface area (Å²) >= 11 is 1.57. The number of benzene rings is 2. The fraction of sp³-hybridized carbons (Fsp3) is 0.462. The second kappa shape index (κ2) is 12.0. The quantitative estimate of drug-likeness (QED) is 0.435. The third kappa shape index (κ3) is 6.08. The van der Waals surface area contributed by atoms with Crippen LogP contribution in [0.4, 0.5) is 5.13 Å². The number of carbonyl (C=O) groups is 1. The highest BCUT2D eigenvalue weighted by molar-refractivity contribution is 7.22. The summed E-state index contributed by atoms with van der Waals surface area (Å²) in [6.07, 6.45) is 1.26. The summed E-state index contributed by atoms with van der Waals surface area (Å²) in [4.78, 5) is 22.7. The Morgan fingerprint density at radius 2 is 1.85 bits per heavy atom. The van der Waals surface area contributed by atoms with E-state index in [1.165, 1.54) is 11.1 Å². The van der Waals surface area contributed by atoms with Crippen LogP contribution in [-0.2, 0) is 16.0 Å². The average molecular weight is 504 g/mol. The summed E-state index contributed by atoms with van der Waals surface area (Å²) in [6, 6.07) is 10.2. The van der Waals surface area contributed by atoms with E-state index in [1.807, 2.05) is 17.0 Å². The first-order chi connectivity index (χ1) is 16.0. The van der Waals surface area contributed by atoms with Gasteiger partial charge in [-0.1, -0.05) is 35.6 Å². The first-order valence-electron chi connectivity index (χ1n) is 11.6. The SMILES string of the molecule is COc1ccc(C)c2sc(N(CCCN3CCOCC3)C(=O)Cc3ccc(C)c(C)c3)nc12.Cl. The zero-order chi connectivity index (χ0) is 23.4. The van der Waals surface area contributed by atoms with E-state index in [-0.39, 0.29) is 18.3 Å². The highest BCUT2D eigenvalue weighted by Gasteiger charge is 2.22. The molecule has 34 heavy (non-hydrogen) atoms. The Labute approximate surface area is 212 Å². The Balaban J connectivity index is 0.00000324. The molecule has 0 aliphatic carbocycles. The molecule has 1 fully saturated rings. The number of ether oxygens (including phenoxy) is 2. The fourth-order valence-electron chi connectivity index (χ4n) is 4.17. The van der Waals surface area contributed by atoms with Gasteiger partial charge >= 0.3 is 0 Å². The predicted molar refractivity (Wildman–Crippen MR) is 142 cm³/mol. The number of methoxy groups -OCH3 is 1. The highest BCUT2D eigenvalue weighted by Crippen LogP contribution is 2.36. The molecule has 1 aliphatic heterocycles. The molecule has 0 atom stereocenters. The molecule has 0 radical (unpaired) electrons. The predicted octanol–water partition coefficient (Wildman–Crippen LogP) is 4.95. The van der Waals surface area contributed by atoms with E-state index < -0.39 is 0 Å². The molecule has 1 saturated heterocycles. The number of aromatic nitrogens is 1. The van der Waals surface area contributed by atoms with Crippen LogP contribution >= 0.6 is 23.7 Å². The summed E-state index contributed by atoms with van der Waals surface area (Å²) in [6.45, 7) is 11.3. The van der Waals surface area contributed by atoms with Gasteiger partial charge in [0.2, 0.25) is 5.91 Å². The van der Waals surface area contributed by atoms with E-state index in [0.29, 0.717) is 13.0 Å². The van der Waals surface area contributed by atoms with Crippen LogP contribution in [-0.4, -0.2) is 62.3 Å². The number of amides is 1. The second-order valence-electron chi connectivity index (χ2n) is 8.71. The lowest BCUT2D eigenvalue weighted by Gasteiger charge is -2.27. The normalized spacial score (nSPS) is 14.1. The van der Waals surface area contributed by atoms with E-state index >= 15 is 0 Å². The monoisotopic (exact) mass is 503 g/mol. The minimum Gasteiger partial charge on any atom is -0.494 e. The fourth-order valence-corrected chi connectivity index (χ4v) is 5.26. The van der Waals surface area contributed by atoms with Crippen LogP contribution in [0.15, 0.2) is 30.3 Å². The van der Waals surface area contributed by atoms with Crippen molar-refractivity contribution in [1.29, 1.82) is 0 Å². The molecular weight excluding hydrogens is 470 g/mol. The standard InChI is InChI=1S/C26H33N3O3S.ClH/c1-18-6-8-21(16-20(18)3)17-23(30)29(11-5-10-28-12-14-32-15-13-28)26-27-24-22(31-4)9-7-19(2)25(24)33-26;/h6-9,16H,5,10-15,17H2,1-4H3;1H. The van der Waals surface area contributed by atoms with Crippen LogP contribution in [0.1, 0.15) is 28.7 Å². The van der Waals surface area contributed by atoms with Gasteiger partial charge in [0.05, 0.1) is 31.4 Å². The topological polar surface area (TPSA) is 54.9 Å². The van der Waals surface area contributed by atoms with E-state index in [0.717, 1.165) is 71.5 Å². The number of aryl methyl sites for hydroxylation is 3. The molecule has 1 aliphatic rings. The molecule has 1 amide bonds. The Bertz CT molecular complexity index is 1130. The number of morpholine rings is 1. The van der Waals surface area contributed by atoms with Crippen molar-refractivity contribution in [3.63, 3.8) is 0 Å². The van der Waals surface area contributed by atoms with Crippen LogP contribution in [0.3, 0.4) is 0 Å². The van der Waals surface area contributed by atoms with Crippen molar-refractivity contribution in [3.8, 4) is 5.75 Å².